The van der Waals surface area contributed by atoms with E-state index in [9.17, 15) is 9.59 Å². The molecule has 0 spiro atoms. The van der Waals surface area contributed by atoms with E-state index in [1.54, 1.807) is 17.0 Å². The molecule has 1 aliphatic rings. The number of amides is 1. The van der Waals surface area contributed by atoms with E-state index in [1.165, 1.54) is 18.2 Å². The van der Waals surface area contributed by atoms with Crippen LogP contribution in [0.1, 0.15) is 27.0 Å². The van der Waals surface area contributed by atoms with E-state index in [4.69, 9.17) is 4.74 Å². The fraction of sp³-hybridized carbons (Fsp3) is 0.222. The van der Waals surface area contributed by atoms with Gasteiger partial charge >= 0.3 is 5.97 Å². The van der Waals surface area contributed by atoms with Crippen LogP contribution in [0.25, 0.3) is 0 Å². The van der Waals surface area contributed by atoms with Gasteiger partial charge in [-0.2, -0.15) is 0 Å². The lowest BCUT2D eigenvalue weighted by Gasteiger charge is -2.17. The highest BCUT2D eigenvalue weighted by Gasteiger charge is 2.25. The van der Waals surface area contributed by atoms with Crippen LogP contribution < -0.4 is 0 Å². The van der Waals surface area contributed by atoms with E-state index in [0.717, 1.165) is 0 Å². The molecule has 0 aliphatic carbocycles. The first-order valence-electron chi connectivity index (χ1n) is 7.20. The molecular weight excluding hydrogens is 278 g/mol. The van der Waals surface area contributed by atoms with Gasteiger partial charge < -0.3 is 9.64 Å². The van der Waals surface area contributed by atoms with Gasteiger partial charge in [0, 0.05) is 18.7 Å². The third-order valence-electron chi connectivity index (χ3n) is 3.94. The van der Waals surface area contributed by atoms with Crippen molar-refractivity contribution in [3.63, 3.8) is 0 Å². The van der Waals surface area contributed by atoms with Crippen LogP contribution in [-0.2, 0) is 29.0 Å². The molecule has 0 aromatic heterocycles. The van der Waals surface area contributed by atoms with Crippen LogP contribution in [0.3, 0.4) is 0 Å². The number of fused-ring (bicyclic) bond motifs is 1. The van der Waals surface area contributed by atoms with Crippen LogP contribution in [0.2, 0.25) is 0 Å². The average Bonchev–Trinajstić information content (AvgIpc) is 2.98. The van der Waals surface area contributed by atoms with Crippen LogP contribution in [0.4, 0.5) is 0 Å². The Labute approximate surface area is 129 Å². The lowest BCUT2D eigenvalue weighted by Crippen LogP contribution is -2.26. The molecule has 0 atom stereocenters. The first-order chi connectivity index (χ1) is 10.7. The Bertz CT molecular complexity index is 699. The number of carbonyl (C=O) groups is 2. The Morgan fingerprint density at radius 1 is 1.00 bits per heavy atom. The Hall–Kier alpha value is -2.62. The van der Waals surface area contributed by atoms with E-state index in [0.29, 0.717) is 24.2 Å². The van der Waals surface area contributed by atoms with E-state index >= 15 is 0 Å². The molecule has 0 N–H and O–H groups in total. The first kappa shape index (κ1) is 14.3. The van der Waals surface area contributed by atoms with Crippen LogP contribution in [-0.4, -0.2) is 23.9 Å². The van der Waals surface area contributed by atoms with Crippen molar-refractivity contribution in [3.8, 4) is 0 Å². The van der Waals surface area contributed by atoms with Crippen molar-refractivity contribution in [2.75, 3.05) is 7.11 Å². The molecule has 0 fully saturated rings. The Morgan fingerprint density at radius 3 is 2.23 bits per heavy atom. The number of benzene rings is 2. The molecule has 1 amide bonds. The van der Waals surface area contributed by atoms with Crippen molar-refractivity contribution in [3.05, 3.63) is 70.8 Å². The SMILES string of the molecule is COC(=O)Cc1ccccc1C(=O)N1Cc2ccccc2C1. The summed E-state index contributed by atoms with van der Waals surface area (Å²) in [6.45, 7) is 1.23. The zero-order chi connectivity index (χ0) is 15.5. The minimum atomic E-state index is -0.343. The molecule has 4 nitrogen and oxygen atoms in total. The monoisotopic (exact) mass is 295 g/mol. The molecule has 0 unspecified atom stereocenters. The van der Waals surface area contributed by atoms with Crippen molar-refractivity contribution in [1.82, 2.24) is 4.90 Å². The summed E-state index contributed by atoms with van der Waals surface area (Å²) in [5, 5.41) is 0. The molecule has 0 radical (unpaired) electrons. The number of ether oxygens (including phenoxy) is 1. The number of esters is 1. The van der Waals surface area contributed by atoms with E-state index in [2.05, 4.69) is 0 Å². The number of carbonyl (C=O) groups excluding carboxylic acids is 2. The molecule has 112 valence electrons. The van der Waals surface area contributed by atoms with E-state index in [-0.39, 0.29) is 18.3 Å². The predicted octanol–water partition coefficient (Wildman–Crippen LogP) is 2.56. The van der Waals surface area contributed by atoms with Crippen molar-refractivity contribution < 1.29 is 14.3 Å². The molecular formula is C18H17NO3. The molecule has 22 heavy (non-hydrogen) atoms. The number of hydrogen-bond donors (Lipinski definition) is 0. The van der Waals surface area contributed by atoms with Gasteiger partial charge in [-0.3, -0.25) is 9.59 Å². The van der Waals surface area contributed by atoms with Gasteiger partial charge in [0.25, 0.3) is 5.91 Å². The molecule has 2 aromatic rings. The number of nitrogens with zero attached hydrogens (tertiary/aromatic N) is 1. The molecule has 2 aromatic carbocycles. The average molecular weight is 295 g/mol. The summed E-state index contributed by atoms with van der Waals surface area (Å²) in [6, 6.07) is 15.3. The largest absolute Gasteiger partial charge is 0.469 e. The predicted molar refractivity (Wildman–Crippen MR) is 82.2 cm³/mol. The molecule has 1 aliphatic heterocycles. The van der Waals surface area contributed by atoms with Gasteiger partial charge in [-0.15, -0.1) is 0 Å². The summed E-state index contributed by atoms with van der Waals surface area (Å²) < 4.78 is 4.70. The molecule has 1 heterocycles. The number of hydrogen-bond acceptors (Lipinski definition) is 3. The maximum atomic E-state index is 12.8. The minimum Gasteiger partial charge on any atom is -0.469 e. The van der Waals surface area contributed by atoms with Crippen LogP contribution in [0.5, 0.6) is 0 Å². The van der Waals surface area contributed by atoms with Crippen molar-refractivity contribution in [2.24, 2.45) is 0 Å². The summed E-state index contributed by atoms with van der Waals surface area (Å²) in [6.07, 6.45) is 0.110. The summed E-state index contributed by atoms with van der Waals surface area (Å²) in [5.41, 5.74) is 3.64. The first-order valence-corrected chi connectivity index (χ1v) is 7.20. The topological polar surface area (TPSA) is 46.6 Å². The van der Waals surface area contributed by atoms with Gasteiger partial charge in [0.15, 0.2) is 0 Å². The molecule has 0 bridgehead atoms. The summed E-state index contributed by atoms with van der Waals surface area (Å²) in [7, 11) is 1.35. The smallest absolute Gasteiger partial charge is 0.310 e. The zero-order valence-corrected chi connectivity index (χ0v) is 12.4. The van der Waals surface area contributed by atoms with Crippen LogP contribution >= 0.6 is 0 Å². The second-order valence-electron chi connectivity index (χ2n) is 5.34. The quantitative estimate of drug-likeness (QED) is 0.818. The second kappa shape index (κ2) is 6.02. The Kier molecular flexibility index (Phi) is 3.92. The van der Waals surface area contributed by atoms with Crippen molar-refractivity contribution >= 4 is 11.9 Å². The third kappa shape index (κ3) is 2.72. The normalized spacial score (nSPS) is 12.9. The Balaban J connectivity index is 1.83. The highest BCUT2D eigenvalue weighted by molar-refractivity contribution is 5.97. The minimum absolute atomic E-state index is 0.0456. The van der Waals surface area contributed by atoms with E-state index < -0.39 is 0 Å². The van der Waals surface area contributed by atoms with Gasteiger partial charge in [0.2, 0.25) is 0 Å². The second-order valence-corrected chi connectivity index (χ2v) is 5.34. The lowest BCUT2D eigenvalue weighted by atomic mass is 10.0. The maximum Gasteiger partial charge on any atom is 0.310 e. The fourth-order valence-corrected chi connectivity index (χ4v) is 2.76. The van der Waals surface area contributed by atoms with Crippen molar-refractivity contribution in [2.45, 2.75) is 19.5 Å². The van der Waals surface area contributed by atoms with Gasteiger partial charge in [-0.1, -0.05) is 42.5 Å². The van der Waals surface area contributed by atoms with Crippen LogP contribution in [0, 0.1) is 0 Å². The molecule has 4 heteroatoms. The van der Waals surface area contributed by atoms with Gasteiger partial charge in [0.05, 0.1) is 13.5 Å². The summed E-state index contributed by atoms with van der Waals surface area (Å²) >= 11 is 0. The number of methoxy groups -OCH3 is 1. The molecule has 0 saturated carbocycles. The van der Waals surface area contributed by atoms with Crippen molar-refractivity contribution in [1.29, 1.82) is 0 Å². The highest BCUT2D eigenvalue weighted by atomic mass is 16.5. The standard InChI is InChI=1S/C18H17NO3/c1-22-17(20)10-13-6-4-5-9-16(13)18(21)19-11-14-7-2-3-8-15(14)12-19/h2-9H,10-12H2,1H3. The van der Waals surface area contributed by atoms with Crippen LogP contribution in [0.15, 0.2) is 48.5 Å². The summed E-state index contributed by atoms with van der Waals surface area (Å²) in [5.74, 6) is -0.388. The molecule has 0 saturated heterocycles. The van der Waals surface area contributed by atoms with Gasteiger partial charge in [-0.05, 0) is 22.8 Å². The number of rotatable bonds is 3. The highest BCUT2D eigenvalue weighted by Crippen LogP contribution is 2.25. The van der Waals surface area contributed by atoms with Gasteiger partial charge in [-0.25, -0.2) is 0 Å². The van der Waals surface area contributed by atoms with E-state index in [1.807, 2.05) is 36.4 Å². The molecule has 3 rings (SSSR count). The summed E-state index contributed by atoms with van der Waals surface area (Å²) in [4.78, 5) is 26.1. The fourth-order valence-electron chi connectivity index (χ4n) is 2.76. The maximum absolute atomic E-state index is 12.8. The third-order valence-corrected chi connectivity index (χ3v) is 3.94. The Morgan fingerprint density at radius 2 is 1.59 bits per heavy atom. The lowest BCUT2D eigenvalue weighted by molar-refractivity contribution is -0.139. The zero-order valence-electron chi connectivity index (χ0n) is 12.4. The van der Waals surface area contributed by atoms with Gasteiger partial charge in [0.1, 0.15) is 0 Å².